The third-order valence-corrected chi connectivity index (χ3v) is 4.16. The van der Waals surface area contributed by atoms with Gasteiger partial charge in [0.2, 0.25) is 5.56 Å². The molecule has 1 saturated carbocycles. The number of halogens is 2. The average Bonchev–Trinajstić information content (AvgIpc) is 2.48. The molecule has 0 unspecified atom stereocenters. The van der Waals surface area contributed by atoms with Crippen LogP contribution in [0.4, 0.5) is 4.39 Å². The number of benzene rings is 1. The average molecular weight is 340 g/mol. The highest BCUT2D eigenvalue weighted by Gasteiger charge is 2.21. The van der Waals surface area contributed by atoms with Gasteiger partial charge in [-0.2, -0.15) is 0 Å². The summed E-state index contributed by atoms with van der Waals surface area (Å²) in [5.41, 5.74) is 6.03. The predicted molar refractivity (Wildman–Crippen MR) is 89.5 cm³/mol. The first-order chi connectivity index (χ1) is 10.5. The Labute approximate surface area is 138 Å². The summed E-state index contributed by atoms with van der Waals surface area (Å²) in [6.07, 6.45) is 3.43. The third-order valence-electron chi connectivity index (χ3n) is 4.16. The largest absolute Gasteiger partial charge is 0.349 e. The topological polar surface area (TPSA) is 88.0 Å². The second-order valence-corrected chi connectivity index (χ2v) is 5.82. The number of hydrogen-bond donors (Lipinski definition) is 3. The van der Waals surface area contributed by atoms with Crippen molar-refractivity contribution in [2.45, 2.75) is 37.8 Å². The van der Waals surface area contributed by atoms with Crippen molar-refractivity contribution in [2.24, 2.45) is 5.73 Å². The summed E-state index contributed by atoms with van der Waals surface area (Å²) < 4.78 is 13.3. The van der Waals surface area contributed by atoms with Crippen molar-refractivity contribution in [3.05, 3.63) is 46.0 Å². The minimum absolute atomic E-state index is 0. The van der Waals surface area contributed by atoms with Crippen LogP contribution in [0.3, 0.4) is 0 Å². The summed E-state index contributed by atoms with van der Waals surface area (Å²) in [4.78, 5) is 26.7. The Morgan fingerprint density at radius 3 is 2.61 bits per heavy atom. The second-order valence-electron chi connectivity index (χ2n) is 5.82. The Morgan fingerprint density at radius 2 is 1.91 bits per heavy atom. The van der Waals surface area contributed by atoms with Crippen LogP contribution in [-0.2, 0) is 0 Å². The molecule has 1 aromatic carbocycles. The number of aromatic nitrogens is 1. The van der Waals surface area contributed by atoms with Gasteiger partial charge in [-0.3, -0.25) is 9.59 Å². The molecular weight excluding hydrogens is 321 g/mol. The van der Waals surface area contributed by atoms with Crippen molar-refractivity contribution < 1.29 is 9.18 Å². The number of nitrogens with one attached hydrogen (secondary N) is 2. The molecule has 1 heterocycles. The van der Waals surface area contributed by atoms with Crippen molar-refractivity contribution in [3.63, 3.8) is 0 Å². The van der Waals surface area contributed by atoms with Gasteiger partial charge in [-0.05, 0) is 43.9 Å². The lowest BCUT2D eigenvalue weighted by atomic mass is 9.91. The third kappa shape index (κ3) is 3.89. The number of aromatic amines is 1. The van der Waals surface area contributed by atoms with E-state index in [9.17, 15) is 14.0 Å². The van der Waals surface area contributed by atoms with Crippen LogP contribution < -0.4 is 16.6 Å². The molecule has 1 aromatic heterocycles. The first-order valence-electron chi connectivity index (χ1n) is 7.42. The molecule has 0 bridgehead atoms. The van der Waals surface area contributed by atoms with E-state index in [1.807, 2.05) is 0 Å². The van der Waals surface area contributed by atoms with E-state index in [1.54, 1.807) is 0 Å². The molecule has 1 aliphatic carbocycles. The lowest BCUT2D eigenvalue weighted by Gasteiger charge is -2.26. The molecule has 1 fully saturated rings. The Hall–Kier alpha value is -1.92. The van der Waals surface area contributed by atoms with Gasteiger partial charge in [-0.1, -0.05) is 0 Å². The number of pyridine rings is 1. The van der Waals surface area contributed by atoms with Gasteiger partial charge < -0.3 is 16.0 Å². The van der Waals surface area contributed by atoms with E-state index in [-0.39, 0.29) is 36.0 Å². The maximum Gasteiger partial charge on any atom is 0.252 e. The molecule has 0 aliphatic heterocycles. The van der Waals surface area contributed by atoms with Crippen LogP contribution >= 0.6 is 12.4 Å². The lowest BCUT2D eigenvalue weighted by Crippen LogP contribution is -2.40. The summed E-state index contributed by atoms with van der Waals surface area (Å²) >= 11 is 0. The molecule has 4 N–H and O–H groups in total. The van der Waals surface area contributed by atoms with Gasteiger partial charge >= 0.3 is 0 Å². The van der Waals surface area contributed by atoms with Crippen molar-refractivity contribution in [2.75, 3.05) is 0 Å². The standard InChI is InChI=1S/C16H18FN3O2.ClH/c17-9-1-6-12-13(8-15(21)20-14(12)7-9)16(22)19-11-4-2-10(18)3-5-11;/h1,6-8,10-11H,2-5,18H2,(H,19,22)(H,20,21);1H. The molecule has 0 atom stereocenters. The van der Waals surface area contributed by atoms with Crippen LogP contribution in [0.5, 0.6) is 0 Å². The zero-order valence-corrected chi connectivity index (χ0v) is 13.3. The van der Waals surface area contributed by atoms with Crippen LogP contribution in [0.25, 0.3) is 10.9 Å². The first kappa shape index (κ1) is 17.4. The number of hydrogen-bond acceptors (Lipinski definition) is 3. The number of nitrogens with two attached hydrogens (primary N) is 1. The number of rotatable bonds is 2. The van der Waals surface area contributed by atoms with Crippen molar-refractivity contribution >= 4 is 29.2 Å². The number of carbonyl (C=O) groups excluding carboxylic acids is 1. The minimum Gasteiger partial charge on any atom is -0.349 e. The summed E-state index contributed by atoms with van der Waals surface area (Å²) in [7, 11) is 0. The highest BCUT2D eigenvalue weighted by atomic mass is 35.5. The fraction of sp³-hybridized carbons (Fsp3) is 0.375. The Morgan fingerprint density at radius 1 is 1.22 bits per heavy atom. The van der Waals surface area contributed by atoms with E-state index < -0.39 is 11.4 Å². The van der Waals surface area contributed by atoms with Gasteiger partial charge in [0.05, 0.1) is 11.1 Å². The summed E-state index contributed by atoms with van der Waals surface area (Å²) in [6.45, 7) is 0. The molecule has 2 aromatic rings. The number of amides is 1. The Balaban J connectivity index is 0.00000192. The molecule has 7 heteroatoms. The Bertz CT molecular complexity index is 769. The SMILES string of the molecule is Cl.NC1CCC(NC(=O)c2cc(=O)[nH]c3cc(F)ccc23)CC1. The molecule has 124 valence electrons. The van der Waals surface area contributed by atoms with Crippen LogP contribution in [0.15, 0.2) is 29.1 Å². The highest BCUT2D eigenvalue weighted by Crippen LogP contribution is 2.19. The van der Waals surface area contributed by atoms with Gasteiger partial charge in [-0.25, -0.2) is 4.39 Å². The normalized spacial score (nSPS) is 20.8. The molecule has 0 spiro atoms. The smallest absolute Gasteiger partial charge is 0.252 e. The number of carbonyl (C=O) groups is 1. The van der Waals surface area contributed by atoms with Crippen molar-refractivity contribution in [3.8, 4) is 0 Å². The number of H-pyrrole nitrogens is 1. The fourth-order valence-corrected chi connectivity index (χ4v) is 2.95. The molecule has 0 saturated heterocycles. The minimum atomic E-state index is -0.457. The molecule has 1 aliphatic rings. The van der Waals surface area contributed by atoms with Gasteiger partial charge in [-0.15, -0.1) is 12.4 Å². The zero-order valence-electron chi connectivity index (χ0n) is 12.5. The maximum atomic E-state index is 13.3. The van der Waals surface area contributed by atoms with Crippen molar-refractivity contribution in [1.82, 2.24) is 10.3 Å². The van der Waals surface area contributed by atoms with Gasteiger partial charge in [0.15, 0.2) is 0 Å². The summed E-state index contributed by atoms with van der Waals surface area (Å²) in [6, 6.07) is 5.53. The number of fused-ring (bicyclic) bond motifs is 1. The first-order valence-corrected chi connectivity index (χ1v) is 7.42. The van der Waals surface area contributed by atoms with Crippen LogP contribution in [-0.4, -0.2) is 23.0 Å². The quantitative estimate of drug-likeness (QED) is 0.782. The van der Waals surface area contributed by atoms with E-state index in [4.69, 9.17) is 5.73 Å². The monoisotopic (exact) mass is 339 g/mol. The van der Waals surface area contributed by atoms with E-state index >= 15 is 0 Å². The maximum absolute atomic E-state index is 13.3. The fourth-order valence-electron chi connectivity index (χ4n) is 2.95. The Kier molecular flexibility index (Phi) is 5.38. The molecule has 1 amide bonds. The molecule has 0 radical (unpaired) electrons. The highest BCUT2D eigenvalue weighted by molar-refractivity contribution is 6.06. The lowest BCUT2D eigenvalue weighted by molar-refractivity contribution is 0.0927. The van der Waals surface area contributed by atoms with Crippen LogP contribution in [0.2, 0.25) is 0 Å². The van der Waals surface area contributed by atoms with Gasteiger partial charge in [0.1, 0.15) is 5.82 Å². The summed E-state index contributed by atoms with van der Waals surface area (Å²) in [5.74, 6) is -0.759. The van der Waals surface area contributed by atoms with E-state index in [0.29, 0.717) is 10.9 Å². The zero-order chi connectivity index (χ0) is 15.7. The van der Waals surface area contributed by atoms with Gasteiger partial charge in [0, 0.05) is 23.5 Å². The predicted octanol–water partition coefficient (Wildman–Crippen LogP) is 2.09. The molecule has 5 nitrogen and oxygen atoms in total. The van der Waals surface area contributed by atoms with E-state index in [2.05, 4.69) is 10.3 Å². The molecular formula is C16H19ClFN3O2. The van der Waals surface area contributed by atoms with Gasteiger partial charge in [0.25, 0.3) is 5.91 Å². The van der Waals surface area contributed by atoms with E-state index in [0.717, 1.165) is 25.7 Å². The molecule has 3 rings (SSSR count). The summed E-state index contributed by atoms with van der Waals surface area (Å²) in [5, 5.41) is 3.48. The second kappa shape index (κ2) is 7.10. The van der Waals surface area contributed by atoms with Crippen LogP contribution in [0.1, 0.15) is 36.0 Å². The van der Waals surface area contributed by atoms with E-state index in [1.165, 1.54) is 24.3 Å². The van der Waals surface area contributed by atoms with Crippen LogP contribution in [0, 0.1) is 5.82 Å². The molecule has 23 heavy (non-hydrogen) atoms. The van der Waals surface area contributed by atoms with Crippen molar-refractivity contribution in [1.29, 1.82) is 0 Å².